The van der Waals surface area contributed by atoms with Gasteiger partial charge in [0.2, 0.25) is 21.8 Å². The van der Waals surface area contributed by atoms with Gasteiger partial charge in [-0.05, 0) is 42.7 Å². The molecule has 0 spiro atoms. The highest BCUT2D eigenvalue weighted by Gasteiger charge is 2.35. The zero-order chi connectivity index (χ0) is 28.7. The summed E-state index contributed by atoms with van der Waals surface area (Å²) in [6.07, 6.45) is -2.27. The van der Waals surface area contributed by atoms with Gasteiger partial charge >= 0.3 is 6.18 Å². The lowest BCUT2D eigenvalue weighted by molar-refractivity contribution is -0.140. The van der Waals surface area contributed by atoms with Crippen molar-refractivity contribution in [3.63, 3.8) is 0 Å². The Labute approximate surface area is 230 Å². The predicted octanol–water partition coefficient (Wildman–Crippen LogP) is 5.50. The Bertz CT molecular complexity index is 1240. The van der Waals surface area contributed by atoms with Gasteiger partial charge in [0.25, 0.3) is 0 Å². The van der Waals surface area contributed by atoms with Crippen molar-refractivity contribution in [2.75, 3.05) is 23.7 Å². The van der Waals surface area contributed by atoms with Gasteiger partial charge in [0.15, 0.2) is 0 Å². The van der Waals surface area contributed by atoms with Crippen LogP contribution in [0.15, 0.2) is 42.5 Å². The van der Waals surface area contributed by atoms with Gasteiger partial charge in [0.05, 0.1) is 22.5 Å². The number of hydrogen-bond acceptors (Lipinski definition) is 4. The molecule has 7 nitrogen and oxygen atoms in total. The van der Waals surface area contributed by atoms with Crippen LogP contribution in [0.25, 0.3) is 0 Å². The number of halogens is 5. The third-order valence-corrected chi connectivity index (χ3v) is 7.55. The monoisotopic (exact) mass is 595 g/mol. The van der Waals surface area contributed by atoms with E-state index >= 15 is 0 Å². The molecule has 0 fully saturated rings. The highest BCUT2D eigenvalue weighted by molar-refractivity contribution is 7.92. The van der Waals surface area contributed by atoms with Crippen molar-refractivity contribution < 1.29 is 31.2 Å². The largest absolute Gasteiger partial charge is 0.416 e. The number of hydrogen-bond donors (Lipinski definition) is 1. The first kappa shape index (κ1) is 31.7. The Balaban J connectivity index is 2.52. The quantitative estimate of drug-likeness (QED) is 0.328. The molecule has 2 aromatic rings. The Morgan fingerprint density at radius 3 is 2.26 bits per heavy atom. The third kappa shape index (κ3) is 8.51. The van der Waals surface area contributed by atoms with Gasteiger partial charge in [-0.1, -0.05) is 61.7 Å². The number of rotatable bonds is 12. The fourth-order valence-corrected chi connectivity index (χ4v) is 5.03. The molecule has 0 aliphatic rings. The van der Waals surface area contributed by atoms with Gasteiger partial charge in [-0.2, -0.15) is 13.2 Å². The van der Waals surface area contributed by atoms with E-state index in [2.05, 4.69) is 5.32 Å². The molecule has 1 N–H and O–H groups in total. The number of nitrogens with one attached hydrogen (secondary N) is 1. The number of carbonyl (C=O) groups excluding carboxylic acids is 2. The molecule has 210 valence electrons. The molecule has 0 aliphatic heterocycles. The Morgan fingerprint density at radius 2 is 1.71 bits per heavy atom. The highest BCUT2D eigenvalue weighted by Crippen LogP contribution is 2.36. The lowest BCUT2D eigenvalue weighted by atomic mass is 10.1. The molecule has 0 bridgehead atoms. The number of alkyl halides is 3. The van der Waals surface area contributed by atoms with E-state index in [1.54, 1.807) is 31.2 Å². The first-order valence-electron chi connectivity index (χ1n) is 11.9. The van der Waals surface area contributed by atoms with Crippen molar-refractivity contribution in [2.24, 2.45) is 0 Å². The van der Waals surface area contributed by atoms with E-state index in [9.17, 15) is 31.2 Å². The highest BCUT2D eigenvalue weighted by atomic mass is 35.5. The molecule has 0 saturated heterocycles. The van der Waals surface area contributed by atoms with Crippen LogP contribution in [-0.2, 0) is 32.3 Å². The van der Waals surface area contributed by atoms with E-state index < -0.39 is 51.9 Å². The van der Waals surface area contributed by atoms with Gasteiger partial charge in [-0.25, -0.2) is 8.42 Å². The maximum absolute atomic E-state index is 13.6. The van der Waals surface area contributed by atoms with Crippen LogP contribution in [-0.4, -0.2) is 50.5 Å². The third-order valence-electron chi connectivity index (χ3n) is 5.74. The first-order chi connectivity index (χ1) is 17.7. The summed E-state index contributed by atoms with van der Waals surface area (Å²) < 4.78 is 65.9. The summed E-state index contributed by atoms with van der Waals surface area (Å²) >= 11 is 12.4. The maximum Gasteiger partial charge on any atom is 0.416 e. The molecule has 0 aromatic heterocycles. The number of benzene rings is 2. The van der Waals surface area contributed by atoms with Crippen molar-refractivity contribution in [1.29, 1.82) is 0 Å². The van der Waals surface area contributed by atoms with Gasteiger partial charge in [0.1, 0.15) is 12.6 Å². The second kappa shape index (κ2) is 13.5. The second-order valence-electron chi connectivity index (χ2n) is 8.62. The summed E-state index contributed by atoms with van der Waals surface area (Å²) in [6.45, 7) is 3.01. The van der Waals surface area contributed by atoms with E-state index in [1.165, 1.54) is 4.90 Å². The topological polar surface area (TPSA) is 86.8 Å². The zero-order valence-corrected chi connectivity index (χ0v) is 23.5. The minimum Gasteiger partial charge on any atom is -0.354 e. The fraction of sp³-hybridized carbons (Fsp3) is 0.440. The molecule has 0 saturated carbocycles. The molecule has 0 aliphatic carbocycles. The van der Waals surface area contributed by atoms with Crippen molar-refractivity contribution in [3.05, 3.63) is 63.6 Å². The van der Waals surface area contributed by atoms with E-state index in [4.69, 9.17) is 23.2 Å². The van der Waals surface area contributed by atoms with Crippen molar-refractivity contribution in [3.8, 4) is 0 Å². The van der Waals surface area contributed by atoms with E-state index in [0.29, 0.717) is 33.6 Å². The Kier molecular flexibility index (Phi) is 11.3. The SMILES string of the molecule is CCCCNC(=O)[C@@H](CC)N(Cc1ccccc1Cl)C(=O)CN(c1cc(C(F)(F)F)ccc1Cl)S(C)(=O)=O. The summed E-state index contributed by atoms with van der Waals surface area (Å²) in [4.78, 5) is 27.8. The number of unbranched alkanes of at least 4 members (excludes halogenated alkanes) is 1. The van der Waals surface area contributed by atoms with Gasteiger partial charge in [-0.3, -0.25) is 13.9 Å². The molecular formula is C25H30Cl2F3N3O4S. The predicted molar refractivity (Wildman–Crippen MR) is 143 cm³/mol. The molecule has 38 heavy (non-hydrogen) atoms. The molecule has 13 heteroatoms. The summed E-state index contributed by atoms with van der Waals surface area (Å²) in [6, 6.07) is 7.85. The lowest BCUT2D eigenvalue weighted by Crippen LogP contribution is -2.52. The summed E-state index contributed by atoms with van der Waals surface area (Å²) in [5.41, 5.74) is -1.13. The van der Waals surface area contributed by atoms with Crippen molar-refractivity contribution in [2.45, 2.75) is 51.9 Å². The smallest absolute Gasteiger partial charge is 0.354 e. The van der Waals surface area contributed by atoms with Crippen molar-refractivity contribution >= 4 is 50.7 Å². The maximum atomic E-state index is 13.6. The van der Waals surface area contributed by atoms with Crippen LogP contribution in [0, 0.1) is 0 Å². The average Bonchev–Trinajstić information content (AvgIpc) is 2.82. The Hall–Kier alpha value is -2.50. The van der Waals surface area contributed by atoms with E-state index in [0.717, 1.165) is 25.2 Å². The number of nitrogens with zero attached hydrogens (tertiary/aromatic N) is 2. The minimum atomic E-state index is -4.77. The number of amides is 2. The molecule has 1 atom stereocenters. The number of anilines is 1. The fourth-order valence-electron chi connectivity index (χ4n) is 3.71. The zero-order valence-electron chi connectivity index (χ0n) is 21.2. The van der Waals surface area contributed by atoms with Crippen LogP contribution in [0.5, 0.6) is 0 Å². The van der Waals surface area contributed by atoms with Crippen LogP contribution in [0.3, 0.4) is 0 Å². The summed E-state index contributed by atoms with van der Waals surface area (Å²) in [7, 11) is -4.28. The van der Waals surface area contributed by atoms with Crippen LogP contribution >= 0.6 is 23.2 Å². The standard InChI is InChI=1S/C25H30Cl2F3N3O4S/c1-4-6-13-31-24(35)21(5-2)32(15-17-9-7-8-10-19(17)26)23(34)16-33(38(3,36)37)22-14-18(25(28,29)30)11-12-20(22)27/h7-12,14,21H,4-6,13,15-16H2,1-3H3,(H,31,35)/t21-/m1/s1. The molecule has 0 heterocycles. The van der Waals surface area contributed by atoms with Crippen LogP contribution in [0.1, 0.15) is 44.2 Å². The normalized spacial score (nSPS) is 12.6. The van der Waals surface area contributed by atoms with Gasteiger partial charge in [0, 0.05) is 18.1 Å². The Morgan fingerprint density at radius 1 is 1.05 bits per heavy atom. The average molecular weight is 596 g/mol. The van der Waals surface area contributed by atoms with Crippen LogP contribution < -0.4 is 9.62 Å². The second-order valence-corrected chi connectivity index (χ2v) is 11.3. The molecule has 2 aromatic carbocycles. The summed E-state index contributed by atoms with van der Waals surface area (Å²) in [5, 5.41) is 2.81. The summed E-state index contributed by atoms with van der Waals surface area (Å²) in [5.74, 6) is -1.26. The van der Waals surface area contributed by atoms with Crippen LogP contribution in [0.2, 0.25) is 10.0 Å². The lowest BCUT2D eigenvalue weighted by Gasteiger charge is -2.33. The first-order valence-corrected chi connectivity index (χ1v) is 14.5. The molecule has 2 rings (SSSR count). The van der Waals surface area contributed by atoms with E-state index in [1.807, 2.05) is 6.92 Å². The molecule has 2 amide bonds. The number of sulfonamides is 1. The van der Waals surface area contributed by atoms with Crippen molar-refractivity contribution in [1.82, 2.24) is 10.2 Å². The molecular weight excluding hydrogens is 566 g/mol. The molecule has 0 radical (unpaired) electrons. The van der Waals surface area contributed by atoms with E-state index in [-0.39, 0.29) is 18.0 Å². The van der Waals surface area contributed by atoms with Gasteiger partial charge < -0.3 is 10.2 Å². The molecule has 0 unspecified atom stereocenters. The minimum absolute atomic E-state index is 0.133. The van der Waals surface area contributed by atoms with Gasteiger partial charge in [-0.15, -0.1) is 0 Å². The number of carbonyl (C=O) groups is 2. The van der Waals surface area contributed by atoms with Crippen LogP contribution in [0.4, 0.5) is 18.9 Å².